The van der Waals surface area contributed by atoms with Gasteiger partial charge in [0.1, 0.15) is 6.20 Å². The van der Waals surface area contributed by atoms with Crippen LogP contribution < -0.4 is 18.9 Å². The van der Waals surface area contributed by atoms with Crippen LogP contribution in [-0.4, -0.2) is 38.2 Å². The van der Waals surface area contributed by atoms with Crippen LogP contribution in [0.4, 0.5) is 11.4 Å². The second-order valence-corrected chi connectivity index (χ2v) is 5.93. The summed E-state index contributed by atoms with van der Waals surface area (Å²) < 4.78 is 3.89. The third kappa shape index (κ3) is 3.32. The van der Waals surface area contributed by atoms with Crippen LogP contribution in [0.15, 0.2) is 61.3 Å². The molecule has 0 aliphatic carbocycles. The number of aromatic nitrogens is 4. The molecule has 0 bridgehead atoms. The lowest BCUT2D eigenvalue weighted by Crippen LogP contribution is -2.36. The Balaban J connectivity index is 1.91. The van der Waals surface area contributed by atoms with Gasteiger partial charge in [0.25, 0.3) is 0 Å². The summed E-state index contributed by atoms with van der Waals surface area (Å²) in [5, 5.41) is 0. The maximum atomic E-state index is 4.65. The molecule has 24 heavy (non-hydrogen) atoms. The van der Waals surface area contributed by atoms with Crippen LogP contribution >= 0.6 is 0 Å². The summed E-state index contributed by atoms with van der Waals surface area (Å²) in [5.74, 6) is 1.47. The van der Waals surface area contributed by atoms with E-state index in [9.17, 15) is 0 Å². The molecule has 0 aromatic carbocycles. The molecule has 0 aliphatic rings. The Bertz CT molecular complexity index is 743. The maximum absolute atomic E-state index is 4.65. The molecular weight excluding hydrogens is 300 g/mol. The average molecular weight is 322 g/mol. The number of hydrogen-bond acceptors (Lipinski definition) is 4. The molecule has 0 fully saturated rings. The largest absolute Gasteiger partial charge is 0.441 e. The summed E-state index contributed by atoms with van der Waals surface area (Å²) in [4.78, 5) is 13.1. The van der Waals surface area contributed by atoms with E-state index in [-0.39, 0.29) is 0 Å². The molecule has 0 spiro atoms. The van der Waals surface area contributed by atoms with Crippen molar-refractivity contribution in [2.24, 2.45) is 0 Å². The molecule has 3 aromatic heterocycles. The van der Waals surface area contributed by atoms with Crippen molar-refractivity contribution in [3.05, 3.63) is 61.3 Å². The summed E-state index contributed by atoms with van der Waals surface area (Å²) in [6.07, 6.45) is 9.71. The second-order valence-electron chi connectivity index (χ2n) is 5.93. The van der Waals surface area contributed by atoms with Gasteiger partial charge in [-0.25, -0.2) is 9.13 Å². The Labute approximate surface area is 142 Å². The summed E-state index contributed by atoms with van der Waals surface area (Å²) in [7, 11) is 8.09. The van der Waals surface area contributed by atoms with Gasteiger partial charge in [0.05, 0.1) is 30.9 Å². The van der Waals surface area contributed by atoms with Gasteiger partial charge in [-0.2, -0.15) is 0 Å². The van der Waals surface area contributed by atoms with Crippen molar-refractivity contribution in [2.75, 3.05) is 38.0 Å². The van der Waals surface area contributed by atoms with Gasteiger partial charge in [0, 0.05) is 51.7 Å². The molecule has 0 saturated heterocycles. The number of nitrogens with zero attached hydrogens (tertiary/aromatic N) is 6. The average Bonchev–Trinajstić information content (AvgIpc) is 2.62. The van der Waals surface area contributed by atoms with E-state index < -0.39 is 0 Å². The van der Waals surface area contributed by atoms with Crippen molar-refractivity contribution in [3.63, 3.8) is 0 Å². The smallest absolute Gasteiger partial charge is 0.377 e. The fourth-order valence-corrected chi connectivity index (χ4v) is 2.33. The standard InChI is InChI=1S/C18H22N6/c1-21(2)15-6-11-23(12-7-15)17-5-10-19-18(20-17)24-13-8-16(9-14-24)22(3)4/h5-14H,1-4H3/q+2. The third-order valence-electron chi connectivity index (χ3n) is 3.78. The highest BCUT2D eigenvalue weighted by atomic mass is 15.2. The molecule has 0 saturated carbocycles. The Kier molecular flexibility index (Phi) is 4.37. The summed E-state index contributed by atoms with van der Waals surface area (Å²) in [6.45, 7) is 0. The molecule has 6 heteroatoms. The molecule has 0 unspecified atom stereocenters. The molecule has 0 aliphatic heterocycles. The molecule has 3 heterocycles. The molecule has 6 nitrogen and oxygen atoms in total. The molecular formula is C18H22N6+2. The van der Waals surface area contributed by atoms with Gasteiger partial charge in [-0.3, -0.25) is 0 Å². The van der Waals surface area contributed by atoms with E-state index in [1.54, 1.807) is 6.20 Å². The lowest BCUT2D eigenvalue weighted by molar-refractivity contribution is -0.614. The maximum Gasteiger partial charge on any atom is 0.441 e. The number of pyridine rings is 2. The van der Waals surface area contributed by atoms with E-state index in [0.29, 0.717) is 5.95 Å². The van der Waals surface area contributed by atoms with E-state index in [4.69, 9.17) is 0 Å². The van der Waals surface area contributed by atoms with Crippen LogP contribution in [0.3, 0.4) is 0 Å². The molecule has 0 atom stereocenters. The van der Waals surface area contributed by atoms with E-state index in [2.05, 4.69) is 31.9 Å². The minimum Gasteiger partial charge on any atom is -0.377 e. The van der Waals surface area contributed by atoms with Crippen LogP contribution in [0.1, 0.15) is 0 Å². The topological polar surface area (TPSA) is 40.0 Å². The van der Waals surface area contributed by atoms with Gasteiger partial charge in [-0.1, -0.05) is 4.98 Å². The van der Waals surface area contributed by atoms with Gasteiger partial charge >= 0.3 is 11.8 Å². The molecule has 0 radical (unpaired) electrons. The number of hydrogen-bond donors (Lipinski definition) is 0. The highest BCUT2D eigenvalue weighted by Crippen LogP contribution is 2.08. The van der Waals surface area contributed by atoms with Gasteiger partial charge < -0.3 is 9.80 Å². The Morgan fingerprint density at radius 3 is 1.71 bits per heavy atom. The predicted octanol–water partition coefficient (Wildman–Crippen LogP) is 1.16. The zero-order valence-electron chi connectivity index (χ0n) is 14.5. The number of rotatable bonds is 4. The minimum absolute atomic E-state index is 0.641. The van der Waals surface area contributed by atoms with E-state index in [0.717, 1.165) is 17.2 Å². The van der Waals surface area contributed by atoms with Gasteiger partial charge in [-0.15, -0.1) is 0 Å². The first kappa shape index (κ1) is 15.9. The normalized spacial score (nSPS) is 10.5. The van der Waals surface area contributed by atoms with Gasteiger partial charge in [-0.05, 0) is 17.1 Å². The molecule has 0 N–H and O–H groups in total. The zero-order chi connectivity index (χ0) is 17.1. The van der Waals surface area contributed by atoms with E-state index >= 15 is 0 Å². The fourth-order valence-electron chi connectivity index (χ4n) is 2.33. The summed E-state index contributed by atoms with van der Waals surface area (Å²) in [6, 6.07) is 10.1. The molecule has 3 aromatic rings. The quantitative estimate of drug-likeness (QED) is 0.676. The molecule has 0 amide bonds. The highest BCUT2D eigenvalue weighted by Gasteiger charge is 2.15. The van der Waals surface area contributed by atoms with Crippen molar-refractivity contribution < 1.29 is 9.13 Å². The summed E-state index contributed by atoms with van der Waals surface area (Å²) in [5.41, 5.74) is 2.28. The molecule has 3 rings (SSSR count). The van der Waals surface area contributed by atoms with Crippen molar-refractivity contribution in [1.29, 1.82) is 0 Å². The Morgan fingerprint density at radius 1 is 0.708 bits per heavy atom. The lowest BCUT2D eigenvalue weighted by Gasteiger charge is -2.11. The SMILES string of the molecule is CN(C)c1cc[n+](-c2ccnc(-[n+]3ccc(N(C)C)cc3)n2)cc1. The van der Waals surface area contributed by atoms with Crippen LogP contribution in [0.5, 0.6) is 0 Å². The number of anilines is 2. The van der Waals surface area contributed by atoms with Crippen molar-refractivity contribution >= 4 is 11.4 Å². The Hall–Kier alpha value is -3.02. The van der Waals surface area contributed by atoms with Crippen LogP contribution in [0, 0.1) is 0 Å². The zero-order valence-corrected chi connectivity index (χ0v) is 14.5. The fraction of sp³-hybridized carbons (Fsp3) is 0.222. The van der Waals surface area contributed by atoms with Crippen molar-refractivity contribution in [1.82, 2.24) is 9.97 Å². The van der Waals surface area contributed by atoms with Gasteiger partial charge in [0.15, 0.2) is 0 Å². The highest BCUT2D eigenvalue weighted by molar-refractivity contribution is 5.42. The van der Waals surface area contributed by atoms with Crippen molar-refractivity contribution in [2.45, 2.75) is 0 Å². The predicted molar refractivity (Wildman–Crippen MR) is 93.8 cm³/mol. The first-order valence-electron chi connectivity index (χ1n) is 7.76. The van der Waals surface area contributed by atoms with Crippen LogP contribution in [0.25, 0.3) is 11.8 Å². The van der Waals surface area contributed by atoms with E-state index in [1.165, 1.54) is 0 Å². The second kappa shape index (κ2) is 6.62. The first-order chi connectivity index (χ1) is 11.5. The Morgan fingerprint density at radius 2 is 1.21 bits per heavy atom. The summed E-state index contributed by atoms with van der Waals surface area (Å²) >= 11 is 0. The van der Waals surface area contributed by atoms with Crippen molar-refractivity contribution in [3.8, 4) is 11.8 Å². The van der Waals surface area contributed by atoms with Crippen LogP contribution in [0.2, 0.25) is 0 Å². The lowest BCUT2D eigenvalue weighted by atomic mass is 10.3. The minimum atomic E-state index is 0.641. The van der Waals surface area contributed by atoms with E-state index in [1.807, 2.05) is 80.3 Å². The van der Waals surface area contributed by atoms with Crippen LogP contribution in [-0.2, 0) is 0 Å². The van der Waals surface area contributed by atoms with Gasteiger partial charge in [0.2, 0.25) is 0 Å². The third-order valence-corrected chi connectivity index (χ3v) is 3.78. The molecule has 122 valence electrons. The monoisotopic (exact) mass is 322 g/mol. The first-order valence-corrected chi connectivity index (χ1v) is 7.76.